The number of carbonyl (C=O) groups is 1. The number of rotatable bonds is 8. The fourth-order valence-electron chi connectivity index (χ4n) is 2.07. The molecule has 0 aliphatic carbocycles. The first-order valence-electron chi connectivity index (χ1n) is 7.23. The fourth-order valence-corrected chi connectivity index (χ4v) is 2.07. The van der Waals surface area contributed by atoms with E-state index in [9.17, 15) is 14.3 Å². The van der Waals surface area contributed by atoms with Crippen LogP contribution in [0.25, 0.3) is 0 Å². The normalized spacial score (nSPS) is 15.4. The highest BCUT2D eigenvalue weighted by atomic mass is 19.1. The Labute approximate surface area is 117 Å². The highest BCUT2D eigenvalue weighted by molar-refractivity contribution is 5.92. The van der Waals surface area contributed by atoms with Gasteiger partial charge in [0.25, 0.3) is 0 Å². The molecule has 1 N–H and O–H groups in total. The number of allylic oxidation sites excluding steroid dienone is 2. The zero-order chi connectivity index (χ0) is 15.3. The molecule has 2 nitrogen and oxygen atoms in total. The molecule has 0 saturated heterocycles. The van der Waals surface area contributed by atoms with E-state index in [4.69, 9.17) is 0 Å². The Bertz CT molecular complexity index is 322. The average molecular weight is 272 g/mol. The van der Waals surface area contributed by atoms with Gasteiger partial charge in [-0.2, -0.15) is 0 Å². The molecule has 0 aromatic carbocycles. The molecule has 0 aromatic heterocycles. The third kappa shape index (κ3) is 5.75. The molecule has 0 aliphatic heterocycles. The number of hydrogen-bond donors (Lipinski definition) is 1. The van der Waals surface area contributed by atoms with Gasteiger partial charge in [0.2, 0.25) is 0 Å². The van der Waals surface area contributed by atoms with Crippen LogP contribution in [0.1, 0.15) is 67.2 Å². The number of aliphatic hydroxyl groups is 1. The monoisotopic (exact) mass is 272 g/mol. The number of halogens is 1. The van der Waals surface area contributed by atoms with Crippen LogP contribution in [0.3, 0.4) is 0 Å². The molecule has 0 bridgehead atoms. The smallest absolute Gasteiger partial charge is 0.162 e. The highest BCUT2D eigenvalue weighted by Gasteiger charge is 2.29. The van der Waals surface area contributed by atoms with Crippen LogP contribution >= 0.6 is 0 Å². The summed E-state index contributed by atoms with van der Waals surface area (Å²) in [5.41, 5.74) is -1.72. The summed E-state index contributed by atoms with van der Waals surface area (Å²) in [5, 5.41) is 10.1. The van der Waals surface area contributed by atoms with Crippen molar-refractivity contribution in [1.82, 2.24) is 0 Å². The van der Waals surface area contributed by atoms with Crippen LogP contribution in [-0.4, -0.2) is 16.6 Å². The van der Waals surface area contributed by atoms with E-state index in [-0.39, 0.29) is 29.3 Å². The second-order valence-corrected chi connectivity index (χ2v) is 6.23. The number of carbonyl (C=O) groups excluding carboxylic acids is 1. The summed E-state index contributed by atoms with van der Waals surface area (Å²) < 4.78 is 13.7. The number of alkyl halides is 1. The standard InChI is InChI=1S/C16H29FO2/c1-7-12(11-15(4,5)17)13(18)10-14(19)16(6,8-2)9-3/h10,12,19H,7-9,11H2,1-6H3/b14-10-. The van der Waals surface area contributed by atoms with E-state index in [1.807, 2.05) is 27.7 Å². The second-order valence-electron chi connectivity index (χ2n) is 6.23. The quantitative estimate of drug-likeness (QED) is 0.499. The Morgan fingerprint density at radius 1 is 1.21 bits per heavy atom. The molecule has 0 spiro atoms. The molecule has 0 saturated carbocycles. The summed E-state index contributed by atoms with van der Waals surface area (Å²) in [6, 6.07) is 0. The minimum Gasteiger partial charge on any atom is -0.512 e. The van der Waals surface area contributed by atoms with Gasteiger partial charge in [-0.3, -0.25) is 4.79 Å². The maximum atomic E-state index is 13.7. The minimum absolute atomic E-state index is 0.123. The molecule has 112 valence electrons. The van der Waals surface area contributed by atoms with E-state index in [0.717, 1.165) is 12.8 Å². The molecule has 19 heavy (non-hydrogen) atoms. The lowest BCUT2D eigenvalue weighted by atomic mass is 9.81. The average Bonchev–Trinajstić information content (AvgIpc) is 2.33. The highest BCUT2D eigenvalue weighted by Crippen LogP contribution is 2.33. The Balaban J connectivity index is 4.99. The number of hydrogen-bond acceptors (Lipinski definition) is 2. The van der Waals surface area contributed by atoms with Crippen LogP contribution in [0.2, 0.25) is 0 Å². The molecule has 0 amide bonds. The van der Waals surface area contributed by atoms with E-state index < -0.39 is 5.67 Å². The fraction of sp³-hybridized carbons (Fsp3) is 0.812. The van der Waals surface area contributed by atoms with Gasteiger partial charge in [-0.25, -0.2) is 4.39 Å². The van der Waals surface area contributed by atoms with E-state index in [1.54, 1.807) is 0 Å². The SMILES string of the molecule is CCC(CC(C)(C)F)C(=O)/C=C(\O)C(C)(CC)CC. The predicted octanol–water partition coefficient (Wildman–Crippen LogP) is 4.99. The molecule has 0 aliphatic rings. The Morgan fingerprint density at radius 3 is 2.00 bits per heavy atom. The van der Waals surface area contributed by atoms with Crippen molar-refractivity contribution in [2.45, 2.75) is 72.9 Å². The van der Waals surface area contributed by atoms with E-state index >= 15 is 0 Å². The number of aliphatic hydroxyl groups excluding tert-OH is 1. The van der Waals surface area contributed by atoms with Gasteiger partial charge in [0.05, 0.1) is 0 Å². The van der Waals surface area contributed by atoms with Gasteiger partial charge in [0.15, 0.2) is 5.78 Å². The van der Waals surface area contributed by atoms with Crippen LogP contribution < -0.4 is 0 Å². The summed E-state index contributed by atoms with van der Waals surface area (Å²) in [4.78, 5) is 12.1. The van der Waals surface area contributed by atoms with E-state index in [0.29, 0.717) is 6.42 Å². The van der Waals surface area contributed by atoms with Crippen LogP contribution in [0, 0.1) is 11.3 Å². The molecule has 0 rings (SSSR count). The summed E-state index contributed by atoms with van der Waals surface area (Å²) in [6.07, 6.45) is 3.63. The summed E-state index contributed by atoms with van der Waals surface area (Å²) >= 11 is 0. The molecule has 0 heterocycles. The topological polar surface area (TPSA) is 37.3 Å². The molecule has 0 fully saturated rings. The van der Waals surface area contributed by atoms with Crippen molar-refractivity contribution >= 4 is 5.78 Å². The van der Waals surface area contributed by atoms with E-state index in [1.165, 1.54) is 19.9 Å². The van der Waals surface area contributed by atoms with Crippen molar-refractivity contribution in [3.05, 3.63) is 11.8 Å². The van der Waals surface area contributed by atoms with Crippen LogP contribution in [-0.2, 0) is 4.79 Å². The summed E-state index contributed by atoms with van der Waals surface area (Å²) in [5.74, 6) is -0.406. The molecule has 3 heteroatoms. The third-order valence-corrected chi connectivity index (χ3v) is 4.08. The van der Waals surface area contributed by atoms with Crippen LogP contribution in [0.4, 0.5) is 4.39 Å². The van der Waals surface area contributed by atoms with Crippen molar-refractivity contribution in [2.24, 2.45) is 11.3 Å². The van der Waals surface area contributed by atoms with Crippen LogP contribution in [0.5, 0.6) is 0 Å². The molecule has 1 atom stereocenters. The van der Waals surface area contributed by atoms with Gasteiger partial charge in [-0.1, -0.05) is 27.7 Å². The van der Waals surface area contributed by atoms with Gasteiger partial charge in [-0.15, -0.1) is 0 Å². The first-order chi connectivity index (χ1) is 8.59. The minimum atomic E-state index is -1.36. The second kappa shape index (κ2) is 7.06. The van der Waals surface area contributed by atoms with Gasteiger partial charge in [0, 0.05) is 17.4 Å². The van der Waals surface area contributed by atoms with Gasteiger partial charge in [0.1, 0.15) is 11.4 Å². The zero-order valence-electron chi connectivity index (χ0n) is 13.2. The Kier molecular flexibility index (Phi) is 6.74. The lowest BCUT2D eigenvalue weighted by molar-refractivity contribution is -0.119. The molecule has 0 aromatic rings. The van der Waals surface area contributed by atoms with E-state index in [2.05, 4.69) is 0 Å². The third-order valence-electron chi connectivity index (χ3n) is 4.08. The van der Waals surface area contributed by atoms with Gasteiger partial charge in [-0.05, 0) is 39.5 Å². The maximum Gasteiger partial charge on any atom is 0.162 e. The lowest BCUT2D eigenvalue weighted by Crippen LogP contribution is -2.24. The van der Waals surface area contributed by atoms with Crippen molar-refractivity contribution < 1.29 is 14.3 Å². The first-order valence-corrected chi connectivity index (χ1v) is 7.23. The van der Waals surface area contributed by atoms with Crippen molar-refractivity contribution in [3.8, 4) is 0 Å². The largest absolute Gasteiger partial charge is 0.512 e. The zero-order valence-corrected chi connectivity index (χ0v) is 13.2. The maximum absolute atomic E-state index is 13.7. The molecular formula is C16H29FO2. The Morgan fingerprint density at radius 2 is 1.68 bits per heavy atom. The van der Waals surface area contributed by atoms with Crippen LogP contribution in [0.15, 0.2) is 11.8 Å². The van der Waals surface area contributed by atoms with Crippen molar-refractivity contribution in [2.75, 3.05) is 0 Å². The summed E-state index contributed by atoms with van der Waals surface area (Å²) in [6.45, 7) is 10.7. The molecule has 1 unspecified atom stereocenters. The van der Waals surface area contributed by atoms with Gasteiger partial charge >= 0.3 is 0 Å². The van der Waals surface area contributed by atoms with Crippen molar-refractivity contribution in [3.63, 3.8) is 0 Å². The first kappa shape index (κ1) is 18.1. The summed E-state index contributed by atoms with van der Waals surface area (Å²) in [7, 11) is 0. The molecular weight excluding hydrogens is 243 g/mol. The predicted molar refractivity (Wildman–Crippen MR) is 78.0 cm³/mol. The lowest BCUT2D eigenvalue weighted by Gasteiger charge is -2.26. The Hall–Kier alpha value is -0.860. The van der Waals surface area contributed by atoms with Crippen molar-refractivity contribution in [1.29, 1.82) is 0 Å². The molecule has 0 radical (unpaired) electrons. The van der Waals surface area contributed by atoms with Gasteiger partial charge < -0.3 is 5.11 Å². The number of ketones is 1.